The first kappa shape index (κ1) is 12.9. The molecule has 0 aromatic heterocycles. The molecule has 17 heavy (non-hydrogen) atoms. The van der Waals surface area contributed by atoms with Crippen LogP contribution in [0, 0.1) is 5.92 Å². The van der Waals surface area contributed by atoms with Gasteiger partial charge in [0.2, 0.25) is 5.91 Å². The lowest BCUT2D eigenvalue weighted by Crippen LogP contribution is -2.54. The number of nitrogens with zero attached hydrogens (tertiary/aromatic N) is 1. The van der Waals surface area contributed by atoms with Crippen molar-refractivity contribution >= 4 is 5.91 Å². The van der Waals surface area contributed by atoms with Crippen LogP contribution in [0.5, 0.6) is 0 Å². The molecule has 2 fully saturated rings. The van der Waals surface area contributed by atoms with E-state index in [1.54, 1.807) is 0 Å². The first-order chi connectivity index (χ1) is 8.24. The van der Waals surface area contributed by atoms with E-state index in [0.717, 1.165) is 13.1 Å². The zero-order valence-corrected chi connectivity index (χ0v) is 11.2. The van der Waals surface area contributed by atoms with Gasteiger partial charge in [-0.1, -0.05) is 19.8 Å². The molecule has 1 amide bonds. The molecule has 1 aliphatic heterocycles. The highest BCUT2D eigenvalue weighted by molar-refractivity contribution is 5.82. The highest BCUT2D eigenvalue weighted by atomic mass is 16.2. The molecule has 0 radical (unpaired) electrons. The van der Waals surface area contributed by atoms with E-state index in [2.05, 4.69) is 24.1 Å². The minimum absolute atomic E-state index is 0.0734. The van der Waals surface area contributed by atoms with Gasteiger partial charge in [0.05, 0.1) is 6.04 Å². The zero-order chi connectivity index (χ0) is 12.3. The second-order valence-corrected chi connectivity index (χ2v) is 5.61. The number of carbonyl (C=O) groups is 1. The molecule has 0 spiro atoms. The minimum Gasteiger partial charge on any atom is -0.339 e. The van der Waals surface area contributed by atoms with E-state index in [1.165, 1.54) is 38.5 Å². The maximum atomic E-state index is 12.6. The van der Waals surface area contributed by atoms with Gasteiger partial charge >= 0.3 is 0 Å². The maximum absolute atomic E-state index is 12.6. The number of nitrogens with one attached hydrogen (secondary N) is 1. The lowest BCUT2D eigenvalue weighted by Gasteiger charge is -2.36. The van der Waals surface area contributed by atoms with Gasteiger partial charge in [-0.15, -0.1) is 0 Å². The predicted molar refractivity (Wildman–Crippen MR) is 69.8 cm³/mol. The Kier molecular flexibility index (Phi) is 4.43. The summed E-state index contributed by atoms with van der Waals surface area (Å²) in [7, 11) is 0. The molecule has 2 unspecified atom stereocenters. The lowest BCUT2D eigenvalue weighted by atomic mass is 9.91. The third-order valence-corrected chi connectivity index (χ3v) is 4.42. The summed E-state index contributed by atoms with van der Waals surface area (Å²) in [6.45, 7) is 6.19. The standard InChI is InChI=1S/C14H26N2O/c1-3-16(12-8-4-5-9-12)14(17)13-11(2)7-6-10-15-13/h11-13,15H,3-10H2,1-2H3. The second kappa shape index (κ2) is 5.85. The van der Waals surface area contributed by atoms with Gasteiger partial charge in [-0.2, -0.15) is 0 Å². The molecule has 2 aliphatic rings. The van der Waals surface area contributed by atoms with Crippen molar-refractivity contribution in [3.63, 3.8) is 0 Å². The molecule has 1 saturated heterocycles. The van der Waals surface area contributed by atoms with Crippen LogP contribution in [0.3, 0.4) is 0 Å². The van der Waals surface area contributed by atoms with E-state index >= 15 is 0 Å². The molecule has 1 N–H and O–H groups in total. The number of hydrogen-bond donors (Lipinski definition) is 1. The van der Waals surface area contributed by atoms with E-state index in [0.29, 0.717) is 17.9 Å². The van der Waals surface area contributed by atoms with Crippen molar-refractivity contribution in [3.8, 4) is 0 Å². The molecule has 3 heteroatoms. The third kappa shape index (κ3) is 2.82. The van der Waals surface area contributed by atoms with Gasteiger partial charge in [-0.25, -0.2) is 0 Å². The van der Waals surface area contributed by atoms with Gasteiger partial charge in [-0.05, 0) is 45.1 Å². The van der Waals surface area contributed by atoms with Crippen LogP contribution in [0.15, 0.2) is 0 Å². The van der Waals surface area contributed by atoms with Crippen LogP contribution in [0.1, 0.15) is 52.4 Å². The Morgan fingerprint density at radius 2 is 1.94 bits per heavy atom. The topological polar surface area (TPSA) is 32.3 Å². The first-order valence-electron chi connectivity index (χ1n) is 7.28. The summed E-state index contributed by atoms with van der Waals surface area (Å²) in [5, 5.41) is 3.42. The van der Waals surface area contributed by atoms with E-state index in [1.807, 2.05) is 0 Å². The fourth-order valence-corrected chi connectivity index (χ4v) is 3.37. The van der Waals surface area contributed by atoms with Crippen LogP contribution in [-0.4, -0.2) is 36.0 Å². The smallest absolute Gasteiger partial charge is 0.240 e. The Labute approximate surface area is 105 Å². The SMILES string of the molecule is CCN(C(=O)C1NCCCC1C)C1CCCC1. The van der Waals surface area contributed by atoms with Crippen molar-refractivity contribution in [2.24, 2.45) is 5.92 Å². The fourth-order valence-electron chi connectivity index (χ4n) is 3.37. The van der Waals surface area contributed by atoms with Gasteiger partial charge in [0.15, 0.2) is 0 Å². The van der Waals surface area contributed by atoms with Crippen molar-refractivity contribution in [1.29, 1.82) is 0 Å². The summed E-state index contributed by atoms with van der Waals surface area (Å²) in [5.74, 6) is 0.846. The maximum Gasteiger partial charge on any atom is 0.240 e. The summed E-state index contributed by atoms with van der Waals surface area (Å²) >= 11 is 0. The van der Waals surface area contributed by atoms with Gasteiger partial charge in [0.1, 0.15) is 0 Å². The van der Waals surface area contributed by atoms with Crippen molar-refractivity contribution in [3.05, 3.63) is 0 Å². The van der Waals surface area contributed by atoms with Crippen LogP contribution in [-0.2, 0) is 4.79 Å². The molecule has 3 nitrogen and oxygen atoms in total. The molecular weight excluding hydrogens is 212 g/mol. The average molecular weight is 238 g/mol. The number of hydrogen-bond acceptors (Lipinski definition) is 2. The zero-order valence-electron chi connectivity index (χ0n) is 11.2. The Balaban J connectivity index is 2.00. The van der Waals surface area contributed by atoms with Crippen LogP contribution in [0.4, 0.5) is 0 Å². The molecule has 0 aromatic carbocycles. The molecular formula is C14H26N2O. The van der Waals surface area contributed by atoms with Crippen LogP contribution >= 0.6 is 0 Å². The molecule has 2 rings (SSSR count). The van der Waals surface area contributed by atoms with Gasteiger partial charge in [-0.3, -0.25) is 4.79 Å². The monoisotopic (exact) mass is 238 g/mol. The number of amides is 1. The van der Waals surface area contributed by atoms with Crippen molar-refractivity contribution in [2.75, 3.05) is 13.1 Å². The number of rotatable bonds is 3. The van der Waals surface area contributed by atoms with Crippen LogP contribution in [0.25, 0.3) is 0 Å². The first-order valence-corrected chi connectivity index (χ1v) is 7.28. The average Bonchev–Trinajstić information content (AvgIpc) is 2.84. The highest BCUT2D eigenvalue weighted by Crippen LogP contribution is 2.26. The molecule has 1 heterocycles. The van der Waals surface area contributed by atoms with E-state index < -0.39 is 0 Å². The third-order valence-electron chi connectivity index (χ3n) is 4.42. The Morgan fingerprint density at radius 1 is 1.24 bits per heavy atom. The van der Waals surface area contributed by atoms with Crippen molar-refractivity contribution < 1.29 is 4.79 Å². The number of piperidine rings is 1. The summed E-state index contributed by atoms with van der Waals surface area (Å²) < 4.78 is 0. The van der Waals surface area contributed by atoms with Gasteiger partial charge < -0.3 is 10.2 Å². The Hall–Kier alpha value is -0.570. The number of carbonyl (C=O) groups excluding carboxylic acids is 1. The molecule has 98 valence electrons. The second-order valence-electron chi connectivity index (χ2n) is 5.61. The van der Waals surface area contributed by atoms with Crippen molar-refractivity contribution in [2.45, 2.75) is 64.5 Å². The van der Waals surface area contributed by atoms with Crippen molar-refractivity contribution in [1.82, 2.24) is 10.2 Å². The quantitative estimate of drug-likeness (QED) is 0.817. The predicted octanol–water partition coefficient (Wildman–Crippen LogP) is 2.17. The molecule has 2 atom stereocenters. The van der Waals surface area contributed by atoms with E-state index in [9.17, 15) is 4.79 Å². The van der Waals surface area contributed by atoms with Gasteiger partial charge in [0, 0.05) is 12.6 Å². The minimum atomic E-state index is 0.0734. The number of likely N-dealkylation sites (N-methyl/N-ethyl adjacent to an activating group) is 1. The normalized spacial score (nSPS) is 30.5. The summed E-state index contributed by atoms with van der Waals surface area (Å²) in [4.78, 5) is 14.7. The largest absolute Gasteiger partial charge is 0.339 e. The highest BCUT2D eigenvalue weighted by Gasteiger charge is 2.34. The van der Waals surface area contributed by atoms with Crippen LogP contribution < -0.4 is 5.32 Å². The summed E-state index contributed by atoms with van der Waals surface area (Å²) in [5.41, 5.74) is 0. The lowest BCUT2D eigenvalue weighted by molar-refractivity contribution is -0.137. The Bertz CT molecular complexity index is 261. The summed E-state index contributed by atoms with van der Waals surface area (Å²) in [6, 6.07) is 0.590. The van der Waals surface area contributed by atoms with Crippen LogP contribution in [0.2, 0.25) is 0 Å². The molecule has 1 saturated carbocycles. The fraction of sp³-hybridized carbons (Fsp3) is 0.929. The van der Waals surface area contributed by atoms with E-state index in [-0.39, 0.29) is 6.04 Å². The van der Waals surface area contributed by atoms with E-state index in [4.69, 9.17) is 0 Å². The molecule has 0 bridgehead atoms. The molecule has 1 aliphatic carbocycles. The van der Waals surface area contributed by atoms with Gasteiger partial charge in [0.25, 0.3) is 0 Å². The Morgan fingerprint density at radius 3 is 2.53 bits per heavy atom. The molecule has 0 aromatic rings. The summed E-state index contributed by atoms with van der Waals surface area (Å²) in [6.07, 6.45) is 7.40.